The zero-order valence-corrected chi connectivity index (χ0v) is 21.5. The van der Waals surface area contributed by atoms with Crippen molar-refractivity contribution in [1.82, 2.24) is 18.7 Å². The van der Waals surface area contributed by atoms with E-state index in [1.54, 1.807) is 16.7 Å². The molecule has 2 aromatic carbocycles. The molecule has 2 aromatic heterocycles. The van der Waals surface area contributed by atoms with Crippen molar-refractivity contribution in [3.8, 4) is 5.75 Å². The van der Waals surface area contributed by atoms with Crippen LogP contribution in [0.25, 0.3) is 11.2 Å². The number of hydrogen-bond donors (Lipinski definition) is 0. The maximum Gasteiger partial charge on any atom is 0.332 e. The largest absolute Gasteiger partial charge is 0.492 e. The molecule has 0 spiro atoms. The number of halogens is 2. The zero-order chi connectivity index (χ0) is 25.9. The monoisotopic (exact) mass is 525 g/mol. The fourth-order valence-electron chi connectivity index (χ4n) is 4.86. The lowest BCUT2D eigenvalue weighted by molar-refractivity contribution is 0.292. The summed E-state index contributed by atoms with van der Waals surface area (Å²) in [5.74, 6) is 0.740. The van der Waals surface area contributed by atoms with Crippen LogP contribution in [0.1, 0.15) is 31.7 Å². The second-order valence-electron chi connectivity index (χ2n) is 9.06. The topological polar surface area (TPSA) is 74.3 Å². The Labute approximate surface area is 218 Å². The van der Waals surface area contributed by atoms with Gasteiger partial charge in [0.15, 0.2) is 11.2 Å². The van der Waals surface area contributed by atoms with Gasteiger partial charge in [0.05, 0.1) is 13.1 Å². The van der Waals surface area contributed by atoms with E-state index >= 15 is 0 Å². The lowest BCUT2D eigenvalue weighted by Crippen LogP contribution is -2.41. The summed E-state index contributed by atoms with van der Waals surface area (Å²) < 4.78 is 25.0. The van der Waals surface area contributed by atoms with E-state index in [0.717, 1.165) is 32.4 Å². The molecule has 0 bridgehead atoms. The second-order valence-corrected chi connectivity index (χ2v) is 9.47. The number of rotatable bonds is 8. The minimum absolute atomic E-state index is 0.0194. The Balaban J connectivity index is 1.65. The SMILES string of the molecule is CCn1c(=O)n(CCOc2ccccc2)c(=O)c2c1nc(N1CCCCC1)n2Cc1c(F)cccc1Cl. The maximum absolute atomic E-state index is 14.8. The van der Waals surface area contributed by atoms with Crippen molar-refractivity contribution < 1.29 is 9.13 Å². The Morgan fingerprint density at radius 3 is 2.43 bits per heavy atom. The fourth-order valence-corrected chi connectivity index (χ4v) is 5.08. The number of fused-ring (bicyclic) bond motifs is 1. The standard InChI is InChI=1S/C27H29ClFN5O3/c1-2-32-24-23(25(35)33(27(32)36)16-17-37-19-10-5-3-6-11-19)34(18-20-21(28)12-9-13-22(20)29)26(30-24)31-14-7-4-8-15-31/h3,5-6,9-13H,2,4,7-8,14-18H2,1H3. The molecule has 3 heterocycles. The quantitative estimate of drug-likeness (QED) is 0.343. The van der Waals surface area contributed by atoms with Crippen molar-refractivity contribution >= 4 is 28.7 Å². The highest BCUT2D eigenvalue weighted by atomic mass is 35.5. The Bertz CT molecular complexity index is 1500. The molecule has 194 valence electrons. The summed E-state index contributed by atoms with van der Waals surface area (Å²) in [5.41, 5.74) is -0.110. The second kappa shape index (κ2) is 10.8. The average Bonchev–Trinajstić information content (AvgIpc) is 3.29. The number of aromatic nitrogens is 4. The number of nitrogens with zero attached hydrogens (tertiary/aromatic N) is 5. The first-order chi connectivity index (χ1) is 18.0. The molecule has 0 unspecified atom stereocenters. The lowest BCUT2D eigenvalue weighted by atomic mass is 10.1. The summed E-state index contributed by atoms with van der Waals surface area (Å²) >= 11 is 6.37. The van der Waals surface area contributed by atoms with Crippen molar-refractivity contribution in [3.63, 3.8) is 0 Å². The van der Waals surface area contributed by atoms with Crippen molar-refractivity contribution in [1.29, 1.82) is 0 Å². The van der Waals surface area contributed by atoms with Crippen LogP contribution < -0.4 is 20.9 Å². The van der Waals surface area contributed by atoms with Crippen molar-refractivity contribution in [2.45, 2.75) is 45.8 Å². The van der Waals surface area contributed by atoms with Gasteiger partial charge in [-0.3, -0.25) is 18.5 Å². The van der Waals surface area contributed by atoms with Crippen LogP contribution in [0.15, 0.2) is 58.1 Å². The number of ether oxygens (including phenoxy) is 1. The van der Waals surface area contributed by atoms with Gasteiger partial charge in [0, 0.05) is 30.2 Å². The van der Waals surface area contributed by atoms with Crippen LogP contribution in [0.5, 0.6) is 5.75 Å². The van der Waals surface area contributed by atoms with Gasteiger partial charge in [-0.05, 0) is 50.5 Å². The molecule has 10 heteroatoms. The maximum atomic E-state index is 14.8. The summed E-state index contributed by atoms with van der Waals surface area (Å²) in [6.07, 6.45) is 3.10. The van der Waals surface area contributed by atoms with E-state index in [4.69, 9.17) is 21.3 Å². The Morgan fingerprint density at radius 2 is 1.73 bits per heavy atom. The van der Waals surface area contributed by atoms with E-state index in [1.165, 1.54) is 15.2 Å². The fraction of sp³-hybridized carbons (Fsp3) is 0.370. The summed E-state index contributed by atoms with van der Waals surface area (Å²) in [5, 5.41) is 0.270. The molecule has 1 fully saturated rings. The molecule has 1 saturated heterocycles. The molecule has 0 atom stereocenters. The number of aryl methyl sites for hydroxylation is 1. The van der Waals surface area contributed by atoms with Crippen LogP contribution in [0.3, 0.4) is 0 Å². The molecule has 0 N–H and O–H groups in total. The number of anilines is 1. The molecule has 0 radical (unpaired) electrons. The molecule has 0 amide bonds. The minimum Gasteiger partial charge on any atom is -0.492 e. The number of piperidine rings is 1. The third-order valence-electron chi connectivity index (χ3n) is 6.75. The normalized spacial score (nSPS) is 13.9. The highest BCUT2D eigenvalue weighted by molar-refractivity contribution is 6.31. The van der Waals surface area contributed by atoms with Crippen LogP contribution in [-0.2, 0) is 19.6 Å². The van der Waals surface area contributed by atoms with Crippen LogP contribution in [-0.4, -0.2) is 38.4 Å². The minimum atomic E-state index is -0.482. The van der Waals surface area contributed by atoms with E-state index in [-0.39, 0.29) is 35.8 Å². The van der Waals surface area contributed by atoms with Crippen LogP contribution in [0.2, 0.25) is 5.02 Å². The van der Waals surface area contributed by atoms with Gasteiger partial charge in [0.1, 0.15) is 18.2 Å². The predicted molar refractivity (Wildman–Crippen MR) is 142 cm³/mol. The summed E-state index contributed by atoms with van der Waals surface area (Å²) in [6.45, 7) is 3.92. The molecule has 4 aromatic rings. The highest BCUT2D eigenvalue weighted by Crippen LogP contribution is 2.27. The first kappa shape index (κ1) is 25.1. The third-order valence-corrected chi connectivity index (χ3v) is 7.11. The number of benzene rings is 2. The number of para-hydroxylation sites is 1. The third kappa shape index (κ3) is 4.87. The number of hydrogen-bond acceptors (Lipinski definition) is 5. The Kier molecular flexibility index (Phi) is 7.32. The first-order valence-electron chi connectivity index (χ1n) is 12.6. The predicted octanol–water partition coefficient (Wildman–Crippen LogP) is 4.29. The molecule has 1 aliphatic heterocycles. The van der Waals surface area contributed by atoms with Gasteiger partial charge >= 0.3 is 5.69 Å². The molecular formula is C27H29ClFN5O3. The first-order valence-corrected chi connectivity index (χ1v) is 13.0. The average molecular weight is 526 g/mol. The van der Waals surface area contributed by atoms with Gasteiger partial charge < -0.3 is 9.64 Å². The summed E-state index contributed by atoms with van der Waals surface area (Å²) in [7, 11) is 0. The Hall–Kier alpha value is -3.59. The summed E-state index contributed by atoms with van der Waals surface area (Å²) in [6, 6.07) is 13.7. The van der Waals surface area contributed by atoms with Crippen LogP contribution >= 0.6 is 11.6 Å². The van der Waals surface area contributed by atoms with Gasteiger partial charge in [-0.2, -0.15) is 4.98 Å². The Morgan fingerprint density at radius 1 is 0.973 bits per heavy atom. The lowest BCUT2D eigenvalue weighted by Gasteiger charge is -2.28. The van der Waals surface area contributed by atoms with Crippen LogP contribution in [0.4, 0.5) is 10.3 Å². The highest BCUT2D eigenvalue weighted by Gasteiger charge is 2.26. The van der Waals surface area contributed by atoms with E-state index in [2.05, 4.69) is 4.90 Å². The van der Waals surface area contributed by atoms with Crippen molar-refractivity contribution in [3.05, 3.63) is 85.8 Å². The van der Waals surface area contributed by atoms with Crippen molar-refractivity contribution in [2.24, 2.45) is 0 Å². The van der Waals surface area contributed by atoms with Crippen molar-refractivity contribution in [2.75, 3.05) is 24.6 Å². The molecule has 5 rings (SSSR count). The summed E-state index contributed by atoms with van der Waals surface area (Å²) in [4.78, 5) is 34.1. The molecular weight excluding hydrogens is 497 g/mol. The smallest absolute Gasteiger partial charge is 0.332 e. The van der Waals surface area contributed by atoms with Gasteiger partial charge in [-0.25, -0.2) is 9.18 Å². The molecule has 0 aliphatic carbocycles. The number of imidazole rings is 1. The van der Waals surface area contributed by atoms with Gasteiger partial charge in [0.2, 0.25) is 5.95 Å². The van der Waals surface area contributed by atoms with Gasteiger partial charge in [-0.15, -0.1) is 0 Å². The van der Waals surface area contributed by atoms with E-state index in [1.807, 2.05) is 37.3 Å². The zero-order valence-electron chi connectivity index (χ0n) is 20.7. The van der Waals surface area contributed by atoms with Crippen LogP contribution in [0, 0.1) is 5.82 Å². The van der Waals surface area contributed by atoms with E-state index < -0.39 is 17.1 Å². The molecule has 0 saturated carbocycles. The molecule has 1 aliphatic rings. The van der Waals surface area contributed by atoms with Gasteiger partial charge in [0.25, 0.3) is 5.56 Å². The van der Waals surface area contributed by atoms with Gasteiger partial charge in [-0.1, -0.05) is 35.9 Å². The van der Waals surface area contributed by atoms with E-state index in [0.29, 0.717) is 23.9 Å². The molecule has 8 nitrogen and oxygen atoms in total. The molecule has 37 heavy (non-hydrogen) atoms. The van der Waals surface area contributed by atoms with E-state index in [9.17, 15) is 14.0 Å².